The molecular formula is C18H36O10. The first kappa shape index (κ1) is 25.6. The summed E-state index contributed by atoms with van der Waals surface area (Å²) in [6.07, 6.45) is -7.52. The average molecular weight is 412 g/mol. The van der Waals surface area contributed by atoms with E-state index in [9.17, 15) is 30.6 Å². The SMILES string of the molecule is COCOCCCC[C@@H](O)C[C@H](O)[C@@H](O)[C@H](O)C[C@H]1O[C@H](OC)C[C@@H](O)[C@@H]1O. The molecule has 1 aliphatic rings. The third kappa shape index (κ3) is 8.95. The van der Waals surface area contributed by atoms with Gasteiger partial charge in [0.2, 0.25) is 0 Å². The molecule has 0 amide bonds. The van der Waals surface area contributed by atoms with Gasteiger partial charge in [-0.15, -0.1) is 0 Å². The lowest BCUT2D eigenvalue weighted by molar-refractivity contribution is -0.250. The first-order valence-corrected chi connectivity index (χ1v) is 9.63. The van der Waals surface area contributed by atoms with Gasteiger partial charge in [0, 0.05) is 40.1 Å². The standard InChI is InChI=1S/C18H36O10/c1-25-10-27-6-4-3-5-11(19)7-12(20)17(23)13(21)8-15-18(24)14(22)9-16(26-2)28-15/h11-24H,3-10H2,1-2H3/t11-,12+,13-,14-,15-,16+,17-,18+/m1/s1. The molecule has 0 aromatic rings. The molecule has 0 bridgehead atoms. The number of hydrogen-bond donors (Lipinski definition) is 6. The quantitative estimate of drug-likeness (QED) is 0.146. The van der Waals surface area contributed by atoms with Crippen molar-refractivity contribution in [3.8, 4) is 0 Å². The second-order valence-corrected chi connectivity index (χ2v) is 7.19. The molecule has 8 atom stereocenters. The fourth-order valence-electron chi connectivity index (χ4n) is 3.16. The van der Waals surface area contributed by atoms with Gasteiger partial charge in [0.25, 0.3) is 0 Å². The number of unbranched alkanes of at least 4 members (excludes halogenated alkanes) is 1. The number of ether oxygens (including phenoxy) is 4. The van der Waals surface area contributed by atoms with Crippen LogP contribution in [0.1, 0.15) is 38.5 Å². The van der Waals surface area contributed by atoms with E-state index in [1.807, 2.05) is 0 Å². The first-order chi connectivity index (χ1) is 13.3. The van der Waals surface area contributed by atoms with Crippen LogP contribution in [0.3, 0.4) is 0 Å². The van der Waals surface area contributed by atoms with E-state index in [4.69, 9.17) is 18.9 Å². The molecule has 10 nitrogen and oxygen atoms in total. The third-order valence-corrected chi connectivity index (χ3v) is 4.85. The van der Waals surface area contributed by atoms with Gasteiger partial charge in [-0.1, -0.05) is 0 Å². The molecule has 28 heavy (non-hydrogen) atoms. The van der Waals surface area contributed by atoms with Gasteiger partial charge < -0.3 is 49.6 Å². The summed E-state index contributed by atoms with van der Waals surface area (Å²) in [5.41, 5.74) is 0. The summed E-state index contributed by atoms with van der Waals surface area (Å²) in [6, 6.07) is 0. The Morgan fingerprint density at radius 2 is 1.75 bits per heavy atom. The number of methoxy groups -OCH3 is 2. The molecule has 6 N–H and O–H groups in total. The van der Waals surface area contributed by atoms with Crippen LogP contribution in [0.2, 0.25) is 0 Å². The van der Waals surface area contributed by atoms with E-state index >= 15 is 0 Å². The topological polar surface area (TPSA) is 158 Å². The lowest BCUT2D eigenvalue weighted by Gasteiger charge is -2.38. The van der Waals surface area contributed by atoms with Crippen molar-refractivity contribution in [3.05, 3.63) is 0 Å². The van der Waals surface area contributed by atoms with Crippen molar-refractivity contribution in [1.82, 2.24) is 0 Å². The van der Waals surface area contributed by atoms with E-state index in [1.165, 1.54) is 14.2 Å². The van der Waals surface area contributed by atoms with Crippen molar-refractivity contribution in [3.63, 3.8) is 0 Å². The van der Waals surface area contributed by atoms with Crippen LogP contribution < -0.4 is 0 Å². The smallest absolute Gasteiger partial charge is 0.160 e. The van der Waals surface area contributed by atoms with Gasteiger partial charge in [-0.2, -0.15) is 0 Å². The second-order valence-electron chi connectivity index (χ2n) is 7.19. The van der Waals surface area contributed by atoms with E-state index in [1.54, 1.807) is 0 Å². The highest BCUT2D eigenvalue weighted by molar-refractivity contribution is 4.87. The lowest BCUT2D eigenvalue weighted by atomic mass is 9.92. The molecule has 1 fully saturated rings. The molecule has 0 spiro atoms. The van der Waals surface area contributed by atoms with Crippen molar-refractivity contribution < 1.29 is 49.6 Å². The summed E-state index contributed by atoms with van der Waals surface area (Å²) in [5, 5.41) is 60.2. The Morgan fingerprint density at radius 3 is 2.39 bits per heavy atom. The molecular weight excluding hydrogens is 376 g/mol. The molecule has 0 aliphatic carbocycles. The van der Waals surface area contributed by atoms with E-state index < -0.39 is 49.0 Å². The number of hydrogen-bond acceptors (Lipinski definition) is 10. The van der Waals surface area contributed by atoms with Gasteiger partial charge in [0.15, 0.2) is 6.29 Å². The molecule has 10 heteroatoms. The van der Waals surface area contributed by atoms with E-state index in [-0.39, 0.29) is 26.1 Å². The Morgan fingerprint density at radius 1 is 1.04 bits per heavy atom. The fourth-order valence-corrected chi connectivity index (χ4v) is 3.16. The van der Waals surface area contributed by atoms with Gasteiger partial charge in [0.05, 0.1) is 30.5 Å². The van der Waals surface area contributed by atoms with Gasteiger partial charge in [0.1, 0.15) is 19.0 Å². The number of aliphatic hydroxyl groups is 6. The van der Waals surface area contributed by atoms with Crippen LogP contribution in [-0.2, 0) is 18.9 Å². The summed E-state index contributed by atoms with van der Waals surface area (Å²) in [5.74, 6) is 0. The predicted octanol–water partition coefficient (Wildman–Crippen LogP) is -1.52. The third-order valence-electron chi connectivity index (χ3n) is 4.85. The highest BCUT2D eigenvalue weighted by Gasteiger charge is 2.39. The molecule has 0 aromatic carbocycles. The molecule has 0 aromatic heterocycles. The van der Waals surface area contributed by atoms with Crippen molar-refractivity contribution >= 4 is 0 Å². The van der Waals surface area contributed by atoms with Crippen LogP contribution in [0, 0.1) is 0 Å². The molecule has 0 unspecified atom stereocenters. The van der Waals surface area contributed by atoms with Crippen molar-refractivity contribution in [2.75, 3.05) is 27.6 Å². The van der Waals surface area contributed by atoms with Crippen LogP contribution >= 0.6 is 0 Å². The van der Waals surface area contributed by atoms with Crippen LogP contribution in [0.4, 0.5) is 0 Å². The highest BCUT2D eigenvalue weighted by Crippen LogP contribution is 2.25. The molecule has 1 saturated heterocycles. The molecule has 0 saturated carbocycles. The summed E-state index contributed by atoms with van der Waals surface area (Å²) in [6.45, 7) is 0.718. The van der Waals surface area contributed by atoms with Crippen molar-refractivity contribution in [1.29, 1.82) is 0 Å². The molecule has 1 rings (SSSR count). The molecule has 1 aliphatic heterocycles. The Kier molecular flexibility index (Phi) is 12.6. The van der Waals surface area contributed by atoms with Crippen LogP contribution in [0.25, 0.3) is 0 Å². The molecule has 168 valence electrons. The Balaban J connectivity index is 2.35. The summed E-state index contributed by atoms with van der Waals surface area (Å²) in [4.78, 5) is 0. The molecule has 0 radical (unpaired) electrons. The van der Waals surface area contributed by atoms with Crippen LogP contribution in [-0.4, -0.2) is 107 Å². The van der Waals surface area contributed by atoms with E-state index in [0.29, 0.717) is 19.4 Å². The van der Waals surface area contributed by atoms with Gasteiger partial charge in [-0.05, 0) is 19.3 Å². The minimum Gasteiger partial charge on any atom is -0.393 e. The average Bonchev–Trinajstić information content (AvgIpc) is 2.67. The predicted molar refractivity (Wildman–Crippen MR) is 97.2 cm³/mol. The normalized spacial score (nSPS) is 30.0. The minimum atomic E-state index is -1.53. The van der Waals surface area contributed by atoms with Crippen molar-refractivity contribution in [2.24, 2.45) is 0 Å². The number of rotatable bonds is 14. The van der Waals surface area contributed by atoms with Crippen molar-refractivity contribution in [2.45, 2.75) is 87.5 Å². The maximum atomic E-state index is 10.2. The zero-order valence-corrected chi connectivity index (χ0v) is 16.6. The van der Waals surface area contributed by atoms with Crippen LogP contribution in [0.5, 0.6) is 0 Å². The molecule has 1 heterocycles. The minimum absolute atomic E-state index is 0.0954. The highest BCUT2D eigenvalue weighted by atomic mass is 16.7. The fraction of sp³-hybridized carbons (Fsp3) is 1.00. The maximum absolute atomic E-state index is 10.2. The summed E-state index contributed by atoms with van der Waals surface area (Å²) < 4.78 is 20.3. The zero-order valence-electron chi connectivity index (χ0n) is 16.6. The lowest BCUT2D eigenvalue weighted by Crippen LogP contribution is -2.51. The largest absolute Gasteiger partial charge is 0.393 e. The van der Waals surface area contributed by atoms with Gasteiger partial charge >= 0.3 is 0 Å². The van der Waals surface area contributed by atoms with Crippen LogP contribution in [0.15, 0.2) is 0 Å². The maximum Gasteiger partial charge on any atom is 0.160 e. The summed E-state index contributed by atoms with van der Waals surface area (Å²) >= 11 is 0. The Bertz CT molecular complexity index is 399. The van der Waals surface area contributed by atoms with Gasteiger partial charge in [-0.25, -0.2) is 0 Å². The Hall–Kier alpha value is -0.400. The summed E-state index contributed by atoms with van der Waals surface area (Å²) in [7, 11) is 2.93. The monoisotopic (exact) mass is 412 g/mol. The number of aliphatic hydroxyl groups excluding tert-OH is 6. The first-order valence-electron chi connectivity index (χ1n) is 9.63. The van der Waals surface area contributed by atoms with E-state index in [2.05, 4.69) is 0 Å². The Labute approximate surface area is 165 Å². The second kappa shape index (κ2) is 13.8. The van der Waals surface area contributed by atoms with E-state index in [0.717, 1.165) is 6.42 Å². The zero-order chi connectivity index (χ0) is 21.1. The van der Waals surface area contributed by atoms with Gasteiger partial charge in [-0.3, -0.25) is 0 Å².